The van der Waals surface area contributed by atoms with Gasteiger partial charge in [-0.3, -0.25) is 0 Å². The summed E-state index contributed by atoms with van der Waals surface area (Å²) in [5, 5.41) is 0.632. The van der Waals surface area contributed by atoms with Gasteiger partial charge in [-0.2, -0.15) is 13.2 Å². The molecule has 1 nitrogen and oxygen atoms in total. The zero-order valence-electron chi connectivity index (χ0n) is 8.37. The van der Waals surface area contributed by atoms with E-state index in [1.165, 1.54) is 0 Å². The van der Waals surface area contributed by atoms with Gasteiger partial charge >= 0.3 is 6.18 Å². The quantitative estimate of drug-likeness (QED) is 0.685. The second-order valence-corrected chi connectivity index (χ2v) is 3.72. The molecule has 0 saturated carbocycles. The predicted molar refractivity (Wildman–Crippen MR) is 52.8 cm³/mol. The number of benzene rings is 1. The molecule has 0 radical (unpaired) electrons. The molecule has 2 aromatic rings. The maximum atomic E-state index is 12.4. The van der Waals surface area contributed by atoms with Gasteiger partial charge in [-0.1, -0.05) is 6.07 Å². The molecule has 0 amide bonds. The van der Waals surface area contributed by atoms with Crippen LogP contribution in [0, 0.1) is 13.8 Å². The van der Waals surface area contributed by atoms with E-state index < -0.39 is 11.9 Å². The van der Waals surface area contributed by atoms with Crippen molar-refractivity contribution in [3.63, 3.8) is 0 Å². The summed E-state index contributed by atoms with van der Waals surface area (Å²) in [6.07, 6.45) is -4.31. The number of hydrogen-bond donors (Lipinski definition) is 1. The van der Waals surface area contributed by atoms with Crippen molar-refractivity contribution in [3.05, 3.63) is 35.0 Å². The van der Waals surface area contributed by atoms with Crippen LogP contribution in [0.5, 0.6) is 0 Å². The lowest BCUT2D eigenvalue weighted by atomic mass is 10.1. The Kier molecular flexibility index (Phi) is 2.03. The number of aromatic amines is 1. The zero-order valence-corrected chi connectivity index (χ0v) is 8.37. The minimum Gasteiger partial charge on any atom is -0.351 e. The van der Waals surface area contributed by atoms with Crippen LogP contribution < -0.4 is 0 Å². The van der Waals surface area contributed by atoms with Gasteiger partial charge in [0.05, 0.1) is 0 Å². The Morgan fingerprint density at radius 1 is 1.07 bits per heavy atom. The van der Waals surface area contributed by atoms with E-state index in [9.17, 15) is 13.2 Å². The van der Waals surface area contributed by atoms with E-state index in [2.05, 4.69) is 4.98 Å². The molecule has 0 saturated heterocycles. The first-order valence-electron chi connectivity index (χ1n) is 4.55. The summed E-state index contributed by atoms with van der Waals surface area (Å²) < 4.78 is 37.3. The number of nitrogens with one attached hydrogen (secondary N) is 1. The lowest BCUT2D eigenvalue weighted by Gasteiger charge is -2.00. The van der Waals surface area contributed by atoms with Gasteiger partial charge in [0.15, 0.2) is 0 Å². The number of hydrogen-bond acceptors (Lipinski definition) is 0. The van der Waals surface area contributed by atoms with E-state index >= 15 is 0 Å². The smallest absolute Gasteiger partial charge is 0.351 e. The van der Waals surface area contributed by atoms with Gasteiger partial charge in [0, 0.05) is 10.9 Å². The fourth-order valence-corrected chi connectivity index (χ4v) is 1.75. The van der Waals surface area contributed by atoms with Crippen LogP contribution in [0.3, 0.4) is 0 Å². The van der Waals surface area contributed by atoms with Crippen LogP contribution in [0.15, 0.2) is 18.2 Å². The van der Waals surface area contributed by atoms with Crippen LogP contribution in [0.1, 0.15) is 16.8 Å². The first-order valence-corrected chi connectivity index (χ1v) is 4.55. The van der Waals surface area contributed by atoms with Gasteiger partial charge in [0.1, 0.15) is 5.69 Å². The first-order chi connectivity index (χ1) is 6.88. The molecule has 2 rings (SSSR count). The second kappa shape index (κ2) is 3.02. The fraction of sp³-hybridized carbons (Fsp3) is 0.273. The van der Waals surface area contributed by atoms with Gasteiger partial charge in [-0.05, 0) is 37.1 Å². The molecule has 0 aliphatic heterocycles. The summed E-state index contributed by atoms with van der Waals surface area (Å²) in [5.74, 6) is 0. The lowest BCUT2D eigenvalue weighted by Crippen LogP contribution is -2.04. The summed E-state index contributed by atoms with van der Waals surface area (Å²) in [6.45, 7) is 3.67. The average Bonchev–Trinajstić information content (AvgIpc) is 2.46. The molecule has 4 heteroatoms. The average molecular weight is 213 g/mol. The standard InChI is InChI=1S/C11H10F3N/c1-6-3-7(2)8-5-10(11(12,13)14)15-9(8)4-6/h3-5,15H,1-2H3. The Labute approximate surface area is 84.9 Å². The number of rotatable bonds is 0. The SMILES string of the molecule is Cc1cc(C)c2cc(C(F)(F)F)[nH]c2c1. The van der Waals surface area contributed by atoms with Crippen LogP contribution >= 0.6 is 0 Å². The van der Waals surface area contributed by atoms with Gasteiger partial charge in [-0.15, -0.1) is 0 Å². The van der Waals surface area contributed by atoms with E-state index in [1.54, 1.807) is 6.07 Å². The minimum absolute atomic E-state index is 0.542. The first kappa shape index (κ1) is 10.1. The summed E-state index contributed by atoms with van der Waals surface area (Å²) in [7, 11) is 0. The summed E-state index contributed by atoms with van der Waals surface area (Å²) in [6, 6.07) is 4.75. The fourth-order valence-electron chi connectivity index (χ4n) is 1.75. The van der Waals surface area contributed by atoms with E-state index in [0.29, 0.717) is 10.9 Å². The lowest BCUT2D eigenvalue weighted by molar-refractivity contribution is -0.140. The molecule has 15 heavy (non-hydrogen) atoms. The predicted octanol–water partition coefficient (Wildman–Crippen LogP) is 3.80. The molecule has 1 heterocycles. The highest BCUT2D eigenvalue weighted by atomic mass is 19.4. The van der Waals surface area contributed by atoms with Gasteiger partial charge in [0.25, 0.3) is 0 Å². The highest BCUT2D eigenvalue weighted by Gasteiger charge is 2.32. The molecule has 1 N–H and O–H groups in total. The number of alkyl halides is 3. The van der Waals surface area contributed by atoms with Crippen molar-refractivity contribution in [1.82, 2.24) is 4.98 Å². The molecular formula is C11H10F3N. The van der Waals surface area contributed by atoms with E-state index in [4.69, 9.17) is 0 Å². The Morgan fingerprint density at radius 2 is 1.73 bits per heavy atom. The van der Waals surface area contributed by atoms with Crippen molar-refractivity contribution in [1.29, 1.82) is 0 Å². The maximum absolute atomic E-state index is 12.4. The normalized spacial score (nSPS) is 12.3. The molecule has 1 aromatic carbocycles. The van der Waals surface area contributed by atoms with Gasteiger partial charge in [0.2, 0.25) is 0 Å². The van der Waals surface area contributed by atoms with E-state index in [0.717, 1.165) is 17.2 Å². The van der Waals surface area contributed by atoms with E-state index in [-0.39, 0.29) is 0 Å². The van der Waals surface area contributed by atoms with E-state index in [1.807, 2.05) is 19.9 Å². The van der Waals surface area contributed by atoms with Crippen LogP contribution in [0.2, 0.25) is 0 Å². The summed E-state index contributed by atoms with van der Waals surface area (Å²) in [5.41, 5.74) is 1.67. The molecule has 0 spiro atoms. The molecule has 0 bridgehead atoms. The number of fused-ring (bicyclic) bond motifs is 1. The molecule has 0 atom stereocenters. The van der Waals surface area contributed by atoms with Crippen LogP contribution in [-0.4, -0.2) is 4.98 Å². The zero-order chi connectivity index (χ0) is 11.2. The minimum atomic E-state index is -4.31. The molecule has 0 aliphatic rings. The third kappa shape index (κ3) is 1.71. The van der Waals surface area contributed by atoms with Gasteiger partial charge < -0.3 is 4.98 Å². The number of H-pyrrole nitrogens is 1. The number of aryl methyl sites for hydroxylation is 2. The molecule has 0 fully saturated rings. The topological polar surface area (TPSA) is 15.8 Å². The molecule has 0 unspecified atom stereocenters. The number of halogens is 3. The Morgan fingerprint density at radius 3 is 2.33 bits per heavy atom. The highest BCUT2D eigenvalue weighted by Crippen LogP contribution is 2.32. The second-order valence-electron chi connectivity index (χ2n) is 3.72. The molecule has 80 valence electrons. The monoisotopic (exact) mass is 213 g/mol. The number of aromatic nitrogens is 1. The summed E-state index contributed by atoms with van der Waals surface area (Å²) >= 11 is 0. The third-order valence-electron chi connectivity index (χ3n) is 2.39. The van der Waals surface area contributed by atoms with Crippen molar-refractivity contribution in [2.75, 3.05) is 0 Å². The Balaban J connectivity index is 2.71. The van der Waals surface area contributed by atoms with Gasteiger partial charge in [-0.25, -0.2) is 0 Å². The van der Waals surface area contributed by atoms with Crippen LogP contribution in [0.25, 0.3) is 10.9 Å². The van der Waals surface area contributed by atoms with Crippen molar-refractivity contribution in [2.45, 2.75) is 20.0 Å². The summed E-state index contributed by atoms with van der Waals surface area (Å²) in [4.78, 5) is 2.39. The molecular weight excluding hydrogens is 203 g/mol. The molecule has 0 aliphatic carbocycles. The van der Waals surface area contributed by atoms with Crippen molar-refractivity contribution < 1.29 is 13.2 Å². The third-order valence-corrected chi connectivity index (χ3v) is 2.39. The highest BCUT2D eigenvalue weighted by molar-refractivity contribution is 5.84. The maximum Gasteiger partial charge on any atom is 0.431 e. The van der Waals surface area contributed by atoms with Crippen molar-refractivity contribution in [3.8, 4) is 0 Å². The largest absolute Gasteiger partial charge is 0.431 e. The van der Waals surface area contributed by atoms with Crippen LogP contribution in [-0.2, 0) is 6.18 Å². The Hall–Kier alpha value is -1.45. The van der Waals surface area contributed by atoms with Crippen LogP contribution in [0.4, 0.5) is 13.2 Å². The van der Waals surface area contributed by atoms with Crippen molar-refractivity contribution in [2.24, 2.45) is 0 Å². The molecule has 1 aromatic heterocycles. The Bertz CT molecular complexity index is 508. The van der Waals surface area contributed by atoms with Crippen molar-refractivity contribution >= 4 is 10.9 Å².